The van der Waals surface area contributed by atoms with Crippen molar-refractivity contribution in [1.82, 2.24) is 4.98 Å². The van der Waals surface area contributed by atoms with E-state index in [0.717, 1.165) is 59.2 Å². The molecule has 0 unspecified atom stereocenters. The van der Waals surface area contributed by atoms with Crippen molar-refractivity contribution in [2.24, 2.45) is 11.1 Å². The predicted molar refractivity (Wildman–Crippen MR) is 135 cm³/mol. The lowest BCUT2D eigenvalue weighted by Gasteiger charge is -2.26. The lowest BCUT2D eigenvalue weighted by molar-refractivity contribution is -0.142. The van der Waals surface area contributed by atoms with Crippen molar-refractivity contribution in [3.63, 3.8) is 0 Å². The largest absolute Gasteiger partial charge is 0.481 e. The van der Waals surface area contributed by atoms with Crippen LogP contribution in [0.1, 0.15) is 72.4 Å². The van der Waals surface area contributed by atoms with Gasteiger partial charge in [0.1, 0.15) is 0 Å². The maximum atomic E-state index is 11.2. The molecular formula is C29H32N2O3. The fourth-order valence-electron chi connectivity index (χ4n) is 5.29. The summed E-state index contributed by atoms with van der Waals surface area (Å²) in [6, 6.07) is 18.6. The number of nitrogens with zero attached hydrogens (tertiary/aromatic N) is 2. The van der Waals surface area contributed by atoms with Gasteiger partial charge in [-0.05, 0) is 91.0 Å². The summed E-state index contributed by atoms with van der Waals surface area (Å²) in [5.41, 5.74) is 8.29. The summed E-state index contributed by atoms with van der Waals surface area (Å²) in [6.45, 7) is 6.17. The molecule has 176 valence electrons. The summed E-state index contributed by atoms with van der Waals surface area (Å²) in [7, 11) is 0. The smallest absolute Gasteiger partial charge is 0.306 e. The van der Waals surface area contributed by atoms with Gasteiger partial charge in [0, 0.05) is 17.8 Å². The van der Waals surface area contributed by atoms with Gasteiger partial charge in [0.25, 0.3) is 0 Å². The number of carboxylic acid groups (broad SMARTS) is 1. The lowest BCUT2D eigenvalue weighted by Crippen LogP contribution is -2.20. The zero-order valence-corrected chi connectivity index (χ0v) is 20.0. The molecule has 1 atom stereocenters. The third kappa shape index (κ3) is 4.89. The number of aryl methyl sites for hydroxylation is 1. The monoisotopic (exact) mass is 456 g/mol. The maximum Gasteiger partial charge on any atom is 0.306 e. The molecule has 0 saturated heterocycles. The standard InChI is InChI=1S/C29H32N2O3/c1-18-17-25(15-16-30-18)27-6-4-5-26(19(27)2)20(3)28(31-34)23-11-7-21(8-12-23)22-9-13-24(14-10-22)29(32)33/h4-8,11-12,15-17,20,22,24,34H,9-10,13-14H2,1-3H3,(H,32,33)/b31-28+/t20-,22-,24-/m1/s1. The number of oxime groups is 1. The number of hydrogen-bond donors (Lipinski definition) is 2. The first kappa shape index (κ1) is 23.7. The quantitative estimate of drug-likeness (QED) is 0.245. The Morgan fingerprint density at radius 1 is 1.03 bits per heavy atom. The Bertz CT molecular complexity index is 1190. The third-order valence-corrected chi connectivity index (χ3v) is 7.32. The lowest BCUT2D eigenvalue weighted by atomic mass is 9.78. The number of rotatable bonds is 6. The van der Waals surface area contributed by atoms with Crippen LogP contribution in [-0.2, 0) is 4.79 Å². The van der Waals surface area contributed by atoms with E-state index in [9.17, 15) is 15.1 Å². The van der Waals surface area contributed by atoms with E-state index < -0.39 is 5.97 Å². The van der Waals surface area contributed by atoms with E-state index in [2.05, 4.69) is 60.4 Å². The highest BCUT2D eigenvalue weighted by atomic mass is 16.4. The van der Waals surface area contributed by atoms with Crippen molar-refractivity contribution in [2.45, 2.75) is 58.3 Å². The first-order chi connectivity index (χ1) is 16.4. The second kappa shape index (κ2) is 10.2. The van der Waals surface area contributed by atoms with Gasteiger partial charge in [-0.25, -0.2) is 0 Å². The Balaban J connectivity index is 1.55. The van der Waals surface area contributed by atoms with Crippen molar-refractivity contribution in [2.75, 3.05) is 0 Å². The second-order valence-corrected chi connectivity index (χ2v) is 9.42. The maximum absolute atomic E-state index is 11.2. The first-order valence-corrected chi connectivity index (χ1v) is 12.0. The number of carboxylic acids is 1. The van der Waals surface area contributed by atoms with E-state index in [0.29, 0.717) is 11.6 Å². The van der Waals surface area contributed by atoms with Crippen LogP contribution in [0.5, 0.6) is 0 Å². The topological polar surface area (TPSA) is 82.8 Å². The molecule has 1 saturated carbocycles. The van der Waals surface area contributed by atoms with Crippen LogP contribution in [-0.4, -0.2) is 27.0 Å². The van der Waals surface area contributed by atoms with Crippen LogP contribution in [0, 0.1) is 19.8 Å². The third-order valence-electron chi connectivity index (χ3n) is 7.32. The van der Waals surface area contributed by atoms with Crippen LogP contribution in [0.25, 0.3) is 11.1 Å². The molecule has 0 spiro atoms. The fourth-order valence-corrected chi connectivity index (χ4v) is 5.29. The molecule has 0 aliphatic heterocycles. The number of carbonyl (C=O) groups is 1. The van der Waals surface area contributed by atoms with Gasteiger partial charge < -0.3 is 10.3 Å². The summed E-state index contributed by atoms with van der Waals surface area (Å²) < 4.78 is 0. The Kier molecular flexibility index (Phi) is 7.11. The summed E-state index contributed by atoms with van der Waals surface area (Å²) in [5, 5.41) is 22.9. The molecular weight excluding hydrogens is 424 g/mol. The van der Waals surface area contributed by atoms with Crippen molar-refractivity contribution in [1.29, 1.82) is 0 Å². The summed E-state index contributed by atoms with van der Waals surface area (Å²) in [6.07, 6.45) is 5.09. The van der Waals surface area contributed by atoms with Gasteiger partial charge in [-0.2, -0.15) is 0 Å². The molecule has 0 amide bonds. The SMILES string of the molecule is Cc1cc(-c2cccc([C@@H](C)/C(=N\O)c3ccc([C@H]4CC[C@H](C(=O)O)CC4)cc3)c2C)ccn1. The highest BCUT2D eigenvalue weighted by Crippen LogP contribution is 2.36. The molecule has 0 radical (unpaired) electrons. The van der Waals surface area contributed by atoms with Gasteiger partial charge in [-0.3, -0.25) is 9.78 Å². The zero-order valence-electron chi connectivity index (χ0n) is 20.0. The van der Waals surface area contributed by atoms with Gasteiger partial charge in [0.2, 0.25) is 0 Å². The van der Waals surface area contributed by atoms with Gasteiger partial charge in [-0.1, -0.05) is 54.5 Å². The molecule has 1 fully saturated rings. The van der Waals surface area contributed by atoms with Gasteiger partial charge in [0.05, 0.1) is 11.6 Å². The Morgan fingerprint density at radius 3 is 2.35 bits per heavy atom. The molecule has 34 heavy (non-hydrogen) atoms. The van der Waals surface area contributed by atoms with Crippen LogP contribution in [0.2, 0.25) is 0 Å². The Morgan fingerprint density at radius 2 is 1.74 bits per heavy atom. The van der Waals surface area contributed by atoms with E-state index in [1.807, 2.05) is 31.3 Å². The van der Waals surface area contributed by atoms with E-state index in [1.165, 1.54) is 5.56 Å². The van der Waals surface area contributed by atoms with E-state index >= 15 is 0 Å². The van der Waals surface area contributed by atoms with E-state index in [4.69, 9.17) is 0 Å². The molecule has 1 aliphatic rings. The molecule has 2 N–H and O–H groups in total. The average molecular weight is 457 g/mol. The van der Waals surface area contributed by atoms with Crippen molar-refractivity contribution in [3.05, 3.63) is 88.7 Å². The van der Waals surface area contributed by atoms with Crippen LogP contribution in [0.4, 0.5) is 0 Å². The number of aliphatic carboxylic acids is 1. The number of aromatic nitrogens is 1. The van der Waals surface area contributed by atoms with E-state index in [-0.39, 0.29) is 11.8 Å². The summed E-state index contributed by atoms with van der Waals surface area (Å²) in [5.74, 6) is -0.589. The highest BCUT2D eigenvalue weighted by molar-refractivity contribution is 6.05. The molecule has 3 aromatic rings. The molecule has 5 nitrogen and oxygen atoms in total. The summed E-state index contributed by atoms with van der Waals surface area (Å²) >= 11 is 0. The molecule has 2 aromatic carbocycles. The number of benzene rings is 2. The molecule has 1 aromatic heterocycles. The minimum Gasteiger partial charge on any atom is -0.481 e. The molecule has 1 aliphatic carbocycles. The Labute approximate surface area is 201 Å². The van der Waals surface area contributed by atoms with Gasteiger partial charge >= 0.3 is 5.97 Å². The minimum absolute atomic E-state index is 0.0928. The van der Waals surface area contributed by atoms with Gasteiger partial charge in [0.15, 0.2) is 0 Å². The van der Waals surface area contributed by atoms with Crippen molar-refractivity contribution in [3.8, 4) is 11.1 Å². The number of pyridine rings is 1. The van der Waals surface area contributed by atoms with E-state index in [1.54, 1.807) is 0 Å². The normalized spacial score (nSPS) is 19.6. The second-order valence-electron chi connectivity index (χ2n) is 9.42. The Hall–Kier alpha value is -3.47. The van der Waals surface area contributed by atoms with Crippen LogP contribution >= 0.6 is 0 Å². The number of hydrogen-bond acceptors (Lipinski definition) is 4. The van der Waals surface area contributed by atoms with Crippen LogP contribution in [0.15, 0.2) is 65.9 Å². The minimum atomic E-state index is -0.676. The van der Waals surface area contributed by atoms with Crippen molar-refractivity contribution >= 4 is 11.7 Å². The van der Waals surface area contributed by atoms with Crippen LogP contribution < -0.4 is 0 Å². The molecule has 4 rings (SSSR count). The molecule has 0 bridgehead atoms. The average Bonchev–Trinajstić information content (AvgIpc) is 2.85. The molecule has 5 heteroatoms. The van der Waals surface area contributed by atoms with Crippen molar-refractivity contribution < 1.29 is 15.1 Å². The summed E-state index contributed by atoms with van der Waals surface area (Å²) in [4.78, 5) is 15.5. The zero-order chi connectivity index (χ0) is 24.2. The van der Waals surface area contributed by atoms with Crippen LogP contribution in [0.3, 0.4) is 0 Å². The predicted octanol–water partition coefficient (Wildman–Crippen LogP) is 6.71. The first-order valence-electron chi connectivity index (χ1n) is 12.0. The fraction of sp³-hybridized carbons (Fsp3) is 0.345. The molecule has 1 heterocycles. The van der Waals surface area contributed by atoms with Gasteiger partial charge in [-0.15, -0.1) is 0 Å². The highest BCUT2D eigenvalue weighted by Gasteiger charge is 2.27.